The molecule has 1 atom stereocenters. The highest BCUT2D eigenvalue weighted by atomic mass is 16.5. The topological polar surface area (TPSA) is 84.9 Å². The number of esters is 1. The lowest BCUT2D eigenvalue weighted by molar-refractivity contribution is -0.151. The summed E-state index contributed by atoms with van der Waals surface area (Å²) in [7, 11) is 1.57. The van der Waals surface area contributed by atoms with Gasteiger partial charge in [0, 0.05) is 24.7 Å². The van der Waals surface area contributed by atoms with Crippen LogP contribution in [0.15, 0.2) is 24.3 Å². The van der Waals surface area contributed by atoms with Crippen molar-refractivity contribution in [1.29, 1.82) is 0 Å². The van der Waals surface area contributed by atoms with Gasteiger partial charge in [0.2, 0.25) is 5.91 Å². The lowest BCUT2D eigenvalue weighted by Gasteiger charge is -2.31. The molecule has 2 amide bonds. The first-order valence-corrected chi connectivity index (χ1v) is 9.47. The number of rotatable bonds is 6. The number of nitrogens with one attached hydrogen (secondary N) is 1. The standard InChI is InChI=1S/C20H26N2O5/c1-26-17-9-7-15(8-10-17)21-18(23)13-27-20(25)14-11-19(24)22(12-14)16-5-3-2-4-6-16/h7-10,14,16H,2-6,11-13H2,1H3,(H,21,23)/t14-/m1/s1. The van der Waals surface area contributed by atoms with Gasteiger partial charge in [-0.2, -0.15) is 0 Å². The lowest BCUT2D eigenvalue weighted by atomic mass is 9.94. The monoisotopic (exact) mass is 374 g/mol. The van der Waals surface area contributed by atoms with Crippen molar-refractivity contribution >= 4 is 23.5 Å². The molecule has 1 aromatic rings. The highest BCUT2D eigenvalue weighted by Crippen LogP contribution is 2.29. The number of benzene rings is 1. The SMILES string of the molecule is COc1ccc(NC(=O)COC(=O)[C@@H]2CC(=O)N(C3CCCCC3)C2)cc1. The molecule has 146 valence electrons. The minimum Gasteiger partial charge on any atom is -0.497 e. The summed E-state index contributed by atoms with van der Waals surface area (Å²) in [6.45, 7) is 0.0431. The van der Waals surface area contributed by atoms with Crippen LogP contribution in [0.3, 0.4) is 0 Å². The third-order valence-corrected chi connectivity index (χ3v) is 5.23. The first kappa shape index (κ1) is 19.2. The summed E-state index contributed by atoms with van der Waals surface area (Å²) in [6.07, 6.45) is 5.68. The van der Waals surface area contributed by atoms with E-state index >= 15 is 0 Å². The Labute approximate surface area is 159 Å². The van der Waals surface area contributed by atoms with Crippen LogP contribution in [0, 0.1) is 5.92 Å². The number of hydrogen-bond acceptors (Lipinski definition) is 5. The number of amides is 2. The van der Waals surface area contributed by atoms with E-state index in [0.717, 1.165) is 25.7 Å². The van der Waals surface area contributed by atoms with Crippen molar-refractivity contribution in [3.05, 3.63) is 24.3 Å². The minimum atomic E-state index is -0.480. The smallest absolute Gasteiger partial charge is 0.311 e. The molecule has 2 fully saturated rings. The lowest BCUT2D eigenvalue weighted by Crippen LogP contribution is -2.38. The van der Waals surface area contributed by atoms with Crippen molar-refractivity contribution in [2.75, 3.05) is 25.6 Å². The Bertz CT molecular complexity index is 682. The predicted molar refractivity (Wildman–Crippen MR) is 99.3 cm³/mol. The van der Waals surface area contributed by atoms with E-state index in [-0.39, 0.29) is 25.0 Å². The van der Waals surface area contributed by atoms with Crippen LogP contribution in [0.2, 0.25) is 0 Å². The number of methoxy groups -OCH3 is 1. The zero-order chi connectivity index (χ0) is 19.2. The minimum absolute atomic E-state index is 0.0199. The number of carbonyl (C=O) groups excluding carboxylic acids is 3. The highest BCUT2D eigenvalue weighted by molar-refractivity contribution is 5.93. The van der Waals surface area contributed by atoms with E-state index in [1.54, 1.807) is 31.4 Å². The van der Waals surface area contributed by atoms with Gasteiger partial charge in [0.05, 0.1) is 13.0 Å². The molecule has 1 N–H and O–H groups in total. The summed E-state index contributed by atoms with van der Waals surface area (Å²) >= 11 is 0. The van der Waals surface area contributed by atoms with Gasteiger partial charge >= 0.3 is 5.97 Å². The summed E-state index contributed by atoms with van der Waals surface area (Å²) in [5.41, 5.74) is 0.594. The molecule has 27 heavy (non-hydrogen) atoms. The van der Waals surface area contributed by atoms with Crippen molar-refractivity contribution in [1.82, 2.24) is 4.90 Å². The molecule has 1 heterocycles. The maximum absolute atomic E-state index is 12.3. The fraction of sp³-hybridized carbons (Fsp3) is 0.550. The van der Waals surface area contributed by atoms with Crippen molar-refractivity contribution in [3.63, 3.8) is 0 Å². The largest absolute Gasteiger partial charge is 0.497 e. The number of carbonyl (C=O) groups is 3. The Morgan fingerprint density at radius 3 is 2.52 bits per heavy atom. The van der Waals surface area contributed by atoms with Gasteiger partial charge in [-0.15, -0.1) is 0 Å². The van der Waals surface area contributed by atoms with Crippen molar-refractivity contribution < 1.29 is 23.9 Å². The second-order valence-electron chi connectivity index (χ2n) is 7.12. The zero-order valence-corrected chi connectivity index (χ0v) is 15.6. The average molecular weight is 374 g/mol. The Morgan fingerprint density at radius 1 is 1.15 bits per heavy atom. The van der Waals surface area contributed by atoms with E-state index in [2.05, 4.69) is 5.32 Å². The van der Waals surface area contributed by atoms with Crippen LogP contribution < -0.4 is 10.1 Å². The fourth-order valence-corrected chi connectivity index (χ4v) is 3.76. The van der Waals surface area contributed by atoms with Crippen LogP contribution in [-0.4, -0.2) is 49.0 Å². The third kappa shape index (κ3) is 4.99. The molecule has 7 nitrogen and oxygen atoms in total. The molecule has 0 spiro atoms. The molecule has 1 aliphatic heterocycles. The molecule has 0 unspecified atom stereocenters. The molecular weight excluding hydrogens is 348 g/mol. The fourth-order valence-electron chi connectivity index (χ4n) is 3.76. The van der Waals surface area contributed by atoms with Crippen LogP contribution in [0.1, 0.15) is 38.5 Å². The van der Waals surface area contributed by atoms with Gasteiger partial charge in [0.15, 0.2) is 6.61 Å². The highest BCUT2D eigenvalue weighted by Gasteiger charge is 2.39. The van der Waals surface area contributed by atoms with Gasteiger partial charge in [-0.25, -0.2) is 0 Å². The zero-order valence-electron chi connectivity index (χ0n) is 15.6. The number of anilines is 1. The molecule has 0 radical (unpaired) electrons. The molecule has 3 rings (SSSR count). The number of likely N-dealkylation sites (tertiary alicyclic amines) is 1. The normalized spacial score (nSPS) is 20.4. The number of hydrogen-bond donors (Lipinski definition) is 1. The van der Waals surface area contributed by atoms with Crippen LogP contribution >= 0.6 is 0 Å². The van der Waals surface area contributed by atoms with Crippen LogP contribution in [0.25, 0.3) is 0 Å². The van der Waals surface area contributed by atoms with Gasteiger partial charge in [0.1, 0.15) is 5.75 Å². The summed E-state index contributed by atoms with van der Waals surface area (Å²) in [5.74, 6) is -0.666. The van der Waals surface area contributed by atoms with Crippen molar-refractivity contribution in [3.8, 4) is 5.75 Å². The van der Waals surface area contributed by atoms with Crippen LogP contribution in [-0.2, 0) is 19.1 Å². The first-order valence-electron chi connectivity index (χ1n) is 9.47. The van der Waals surface area contributed by atoms with E-state index in [4.69, 9.17) is 9.47 Å². The molecule has 1 saturated heterocycles. The van der Waals surface area contributed by atoms with E-state index in [9.17, 15) is 14.4 Å². The predicted octanol–water partition coefficient (Wildman–Crippen LogP) is 2.36. The number of nitrogens with zero attached hydrogens (tertiary/aromatic N) is 1. The van der Waals surface area contributed by atoms with E-state index < -0.39 is 17.8 Å². The summed E-state index contributed by atoms with van der Waals surface area (Å²) in [6, 6.07) is 7.12. The third-order valence-electron chi connectivity index (χ3n) is 5.23. The van der Waals surface area contributed by atoms with Gasteiger partial charge in [-0.05, 0) is 37.1 Å². The summed E-state index contributed by atoms with van der Waals surface area (Å²) in [5, 5.41) is 2.66. The maximum atomic E-state index is 12.3. The van der Waals surface area contributed by atoms with Gasteiger partial charge in [-0.3, -0.25) is 14.4 Å². The molecule has 1 aromatic carbocycles. The molecule has 1 aliphatic carbocycles. The number of ether oxygens (including phenoxy) is 2. The van der Waals surface area contributed by atoms with Crippen molar-refractivity contribution in [2.24, 2.45) is 5.92 Å². The second-order valence-corrected chi connectivity index (χ2v) is 7.12. The Kier molecular flexibility index (Phi) is 6.32. The molecule has 7 heteroatoms. The van der Waals surface area contributed by atoms with E-state index in [0.29, 0.717) is 18.0 Å². The van der Waals surface area contributed by atoms with E-state index in [1.807, 2.05) is 4.90 Å². The molecular formula is C20H26N2O5. The summed E-state index contributed by atoms with van der Waals surface area (Å²) in [4.78, 5) is 38.3. The Balaban J connectivity index is 1.44. The quantitative estimate of drug-likeness (QED) is 0.773. The van der Waals surface area contributed by atoms with Crippen molar-refractivity contribution in [2.45, 2.75) is 44.6 Å². The molecule has 1 saturated carbocycles. The van der Waals surface area contributed by atoms with Crippen LogP contribution in [0.5, 0.6) is 5.75 Å². The summed E-state index contributed by atoms with van der Waals surface area (Å²) < 4.78 is 10.2. The van der Waals surface area contributed by atoms with Gasteiger partial charge in [-0.1, -0.05) is 19.3 Å². The first-order chi connectivity index (χ1) is 13.1. The maximum Gasteiger partial charge on any atom is 0.311 e. The molecule has 2 aliphatic rings. The Hall–Kier alpha value is -2.57. The van der Waals surface area contributed by atoms with E-state index in [1.165, 1.54) is 6.42 Å². The second kappa shape index (κ2) is 8.88. The average Bonchev–Trinajstić information content (AvgIpc) is 3.09. The van der Waals surface area contributed by atoms with Gasteiger partial charge < -0.3 is 19.7 Å². The van der Waals surface area contributed by atoms with Gasteiger partial charge in [0.25, 0.3) is 5.91 Å². The molecule has 0 aromatic heterocycles. The van der Waals surface area contributed by atoms with Crippen LogP contribution in [0.4, 0.5) is 5.69 Å². The molecule has 0 bridgehead atoms. The Morgan fingerprint density at radius 2 is 1.85 bits per heavy atom.